The standard InChI is InChI=1S/C14H16ClNO3S/c1-3-19-9-14(8-16)12(13(14)20(2,17)18)10-4-6-11(15)7-5-10/h4-7,12-13H,3,9H2,1-2H3/t12-,13+,14-/m1/s1. The lowest BCUT2D eigenvalue weighted by molar-refractivity contribution is 0.117. The van der Waals surface area contributed by atoms with Crippen molar-refractivity contribution in [1.29, 1.82) is 5.26 Å². The Kier molecular flexibility index (Phi) is 4.10. The zero-order valence-electron chi connectivity index (χ0n) is 11.3. The minimum absolute atomic E-state index is 0.130. The smallest absolute Gasteiger partial charge is 0.152 e. The molecule has 0 bridgehead atoms. The van der Waals surface area contributed by atoms with E-state index in [1.54, 1.807) is 24.3 Å². The van der Waals surface area contributed by atoms with E-state index >= 15 is 0 Å². The summed E-state index contributed by atoms with van der Waals surface area (Å²) in [7, 11) is -3.32. The van der Waals surface area contributed by atoms with Gasteiger partial charge in [-0.1, -0.05) is 23.7 Å². The average Bonchev–Trinajstić information content (AvgIpc) is 3.07. The molecule has 108 valence electrons. The molecule has 4 nitrogen and oxygen atoms in total. The molecule has 1 saturated carbocycles. The first-order valence-electron chi connectivity index (χ1n) is 6.30. The quantitative estimate of drug-likeness (QED) is 0.837. The Bertz CT molecular complexity index is 635. The highest BCUT2D eigenvalue weighted by molar-refractivity contribution is 7.91. The summed E-state index contributed by atoms with van der Waals surface area (Å²) in [6.45, 7) is 2.40. The van der Waals surface area contributed by atoms with E-state index in [1.807, 2.05) is 6.92 Å². The third-order valence-electron chi connectivity index (χ3n) is 3.70. The summed E-state index contributed by atoms with van der Waals surface area (Å²) >= 11 is 5.84. The Hall–Kier alpha value is -1.09. The van der Waals surface area contributed by atoms with Crippen LogP contribution in [0.25, 0.3) is 0 Å². The molecule has 1 aromatic carbocycles. The molecule has 6 heteroatoms. The highest BCUT2D eigenvalue weighted by Crippen LogP contribution is 2.62. The first-order valence-corrected chi connectivity index (χ1v) is 8.63. The fourth-order valence-electron chi connectivity index (χ4n) is 2.78. The van der Waals surface area contributed by atoms with Crippen LogP contribution in [-0.2, 0) is 14.6 Å². The molecular weight excluding hydrogens is 298 g/mol. The van der Waals surface area contributed by atoms with Gasteiger partial charge in [-0.2, -0.15) is 5.26 Å². The normalized spacial score (nSPS) is 28.9. The van der Waals surface area contributed by atoms with Crippen LogP contribution in [0.2, 0.25) is 5.02 Å². The number of hydrogen-bond acceptors (Lipinski definition) is 4. The number of ether oxygens (including phenoxy) is 1. The third kappa shape index (κ3) is 2.56. The highest BCUT2D eigenvalue weighted by Gasteiger charge is 2.71. The van der Waals surface area contributed by atoms with Crippen molar-refractivity contribution in [1.82, 2.24) is 0 Å². The van der Waals surface area contributed by atoms with E-state index in [4.69, 9.17) is 16.3 Å². The van der Waals surface area contributed by atoms with E-state index in [1.165, 1.54) is 6.26 Å². The van der Waals surface area contributed by atoms with E-state index in [-0.39, 0.29) is 12.5 Å². The van der Waals surface area contributed by atoms with E-state index in [9.17, 15) is 13.7 Å². The maximum absolute atomic E-state index is 11.9. The highest BCUT2D eigenvalue weighted by atomic mass is 35.5. The van der Waals surface area contributed by atoms with Gasteiger partial charge in [-0.05, 0) is 24.6 Å². The molecule has 1 fully saturated rings. The first kappa shape index (κ1) is 15.3. The van der Waals surface area contributed by atoms with E-state index in [0.29, 0.717) is 11.6 Å². The van der Waals surface area contributed by atoms with Crippen LogP contribution in [0.4, 0.5) is 0 Å². The van der Waals surface area contributed by atoms with Crippen molar-refractivity contribution >= 4 is 21.4 Å². The molecule has 0 aliphatic heterocycles. The summed E-state index contributed by atoms with van der Waals surface area (Å²) in [6.07, 6.45) is 1.17. The second-order valence-corrected chi connectivity index (χ2v) is 7.67. The minimum atomic E-state index is -3.32. The van der Waals surface area contributed by atoms with E-state index in [2.05, 4.69) is 6.07 Å². The van der Waals surface area contributed by atoms with Crippen molar-refractivity contribution in [2.75, 3.05) is 19.5 Å². The van der Waals surface area contributed by atoms with Crippen molar-refractivity contribution < 1.29 is 13.2 Å². The van der Waals surface area contributed by atoms with Crippen LogP contribution in [-0.4, -0.2) is 33.1 Å². The van der Waals surface area contributed by atoms with Crippen LogP contribution < -0.4 is 0 Å². The number of nitriles is 1. The fourth-order valence-corrected chi connectivity index (χ4v) is 4.76. The van der Waals surface area contributed by atoms with Gasteiger partial charge in [0, 0.05) is 23.8 Å². The van der Waals surface area contributed by atoms with Crippen LogP contribution in [0, 0.1) is 16.7 Å². The van der Waals surface area contributed by atoms with E-state index in [0.717, 1.165) is 5.56 Å². The number of hydrogen-bond donors (Lipinski definition) is 0. The van der Waals surface area contributed by atoms with Gasteiger partial charge in [-0.25, -0.2) is 8.42 Å². The molecule has 0 amide bonds. The van der Waals surface area contributed by atoms with Gasteiger partial charge in [0.15, 0.2) is 9.84 Å². The summed E-state index contributed by atoms with van der Waals surface area (Å²) in [5.41, 5.74) is -0.177. The lowest BCUT2D eigenvalue weighted by Crippen LogP contribution is -2.18. The average molecular weight is 314 g/mol. The third-order valence-corrected chi connectivity index (χ3v) is 5.57. The van der Waals surface area contributed by atoms with Crippen molar-refractivity contribution in [2.45, 2.75) is 18.1 Å². The Morgan fingerprint density at radius 3 is 2.45 bits per heavy atom. The molecule has 0 unspecified atom stereocenters. The molecule has 2 rings (SSSR count). The number of benzene rings is 1. The van der Waals surface area contributed by atoms with Crippen molar-refractivity contribution in [3.05, 3.63) is 34.9 Å². The molecule has 0 saturated heterocycles. The summed E-state index contributed by atoms with van der Waals surface area (Å²) < 4.78 is 29.2. The van der Waals surface area contributed by atoms with Gasteiger partial charge in [0.1, 0.15) is 5.41 Å². The lowest BCUT2D eigenvalue weighted by Gasteiger charge is -2.08. The molecule has 0 heterocycles. The number of nitrogens with zero attached hydrogens (tertiary/aromatic N) is 1. The maximum atomic E-state index is 11.9. The molecule has 1 aliphatic rings. The number of halogens is 1. The zero-order valence-corrected chi connectivity index (χ0v) is 12.9. The zero-order chi connectivity index (χ0) is 15.0. The minimum Gasteiger partial charge on any atom is -0.380 e. The molecule has 1 aliphatic carbocycles. The van der Waals surface area contributed by atoms with Crippen molar-refractivity contribution in [3.8, 4) is 6.07 Å². The molecule has 0 spiro atoms. The van der Waals surface area contributed by atoms with Gasteiger partial charge in [0.05, 0.1) is 17.9 Å². The molecule has 1 aromatic rings. The molecule has 0 N–H and O–H groups in total. The van der Waals surface area contributed by atoms with Crippen LogP contribution in [0.1, 0.15) is 18.4 Å². The fraction of sp³-hybridized carbons (Fsp3) is 0.500. The molecule has 20 heavy (non-hydrogen) atoms. The van der Waals surface area contributed by atoms with Crippen LogP contribution in [0.3, 0.4) is 0 Å². The SMILES string of the molecule is CCOC[C@]1(C#N)[C@H](c2ccc(Cl)cc2)[C@@H]1S(C)(=O)=O. The largest absolute Gasteiger partial charge is 0.380 e. The van der Waals surface area contributed by atoms with Crippen LogP contribution >= 0.6 is 11.6 Å². The van der Waals surface area contributed by atoms with Gasteiger partial charge in [0.25, 0.3) is 0 Å². The lowest BCUT2D eigenvalue weighted by atomic mass is 10.0. The Labute approximate surface area is 124 Å². The number of sulfone groups is 1. The second kappa shape index (κ2) is 5.36. The monoisotopic (exact) mass is 313 g/mol. The Morgan fingerprint density at radius 1 is 1.40 bits per heavy atom. The van der Waals surface area contributed by atoms with Crippen LogP contribution in [0.5, 0.6) is 0 Å². The predicted molar refractivity (Wildman–Crippen MR) is 77.4 cm³/mol. The predicted octanol–water partition coefficient (Wildman–Crippen LogP) is 2.40. The van der Waals surface area contributed by atoms with Crippen molar-refractivity contribution in [2.24, 2.45) is 5.41 Å². The second-order valence-electron chi connectivity index (χ2n) is 5.07. The molecule has 0 radical (unpaired) electrons. The Morgan fingerprint density at radius 2 is 2.00 bits per heavy atom. The first-order chi connectivity index (χ1) is 9.36. The van der Waals surface area contributed by atoms with Crippen molar-refractivity contribution in [3.63, 3.8) is 0 Å². The van der Waals surface area contributed by atoms with Crippen LogP contribution in [0.15, 0.2) is 24.3 Å². The summed E-state index contributed by atoms with van der Waals surface area (Å²) in [5, 5.41) is 9.35. The topological polar surface area (TPSA) is 67.2 Å². The van der Waals surface area contributed by atoms with Gasteiger partial charge in [-0.15, -0.1) is 0 Å². The van der Waals surface area contributed by atoms with Gasteiger partial charge in [-0.3, -0.25) is 0 Å². The summed E-state index contributed by atoms with van der Waals surface area (Å²) in [5.74, 6) is -0.355. The summed E-state index contributed by atoms with van der Waals surface area (Å²) in [4.78, 5) is 0. The Balaban J connectivity index is 2.40. The molecular formula is C14H16ClNO3S. The summed E-state index contributed by atoms with van der Waals surface area (Å²) in [6, 6.07) is 9.13. The van der Waals surface area contributed by atoms with E-state index < -0.39 is 20.5 Å². The number of rotatable bonds is 5. The van der Waals surface area contributed by atoms with Gasteiger partial charge < -0.3 is 4.74 Å². The maximum Gasteiger partial charge on any atom is 0.152 e. The van der Waals surface area contributed by atoms with Gasteiger partial charge >= 0.3 is 0 Å². The molecule has 0 aromatic heterocycles. The van der Waals surface area contributed by atoms with Gasteiger partial charge in [0.2, 0.25) is 0 Å². The molecule has 3 atom stereocenters.